The summed E-state index contributed by atoms with van der Waals surface area (Å²) < 4.78 is 0. The lowest BCUT2D eigenvalue weighted by molar-refractivity contribution is -0.127. The Bertz CT molecular complexity index is 549. The lowest BCUT2D eigenvalue weighted by Crippen LogP contribution is -2.54. The van der Waals surface area contributed by atoms with Gasteiger partial charge in [0.05, 0.1) is 12.1 Å². The summed E-state index contributed by atoms with van der Waals surface area (Å²) in [5, 5.41) is 14.4. The van der Waals surface area contributed by atoms with E-state index in [1.54, 1.807) is 18.3 Å². The second-order valence-corrected chi connectivity index (χ2v) is 7.52. The van der Waals surface area contributed by atoms with Crippen molar-refractivity contribution < 1.29 is 4.79 Å². The first-order valence-corrected chi connectivity index (χ1v) is 8.79. The van der Waals surface area contributed by atoms with Gasteiger partial charge in [-0.2, -0.15) is 5.26 Å². The highest BCUT2D eigenvalue weighted by molar-refractivity contribution is 7.10. The molecule has 0 aliphatic carbocycles. The van der Waals surface area contributed by atoms with Gasteiger partial charge in [-0.05, 0) is 50.6 Å². The van der Waals surface area contributed by atoms with Gasteiger partial charge >= 0.3 is 0 Å². The minimum atomic E-state index is -0.816. The summed E-state index contributed by atoms with van der Waals surface area (Å²) in [6.07, 6.45) is 2.21. The van der Waals surface area contributed by atoms with Gasteiger partial charge in [0.1, 0.15) is 5.54 Å². The minimum Gasteiger partial charge on any atom is -0.336 e. The number of rotatable bonds is 5. The van der Waals surface area contributed by atoms with Crippen LogP contribution in [0, 0.1) is 17.2 Å². The van der Waals surface area contributed by atoms with Gasteiger partial charge < -0.3 is 5.32 Å². The van der Waals surface area contributed by atoms with Crippen molar-refractivity contribution in [2.45, 2.75) is 58.2 Å². The summed E-state index contributed by atoms with van der Waals surface area (Å²) in [6, 6.07) is 6.56. The van der Waals surface area contributed by atoms with Crippen LogP contribution in [-0.2, 0) is 4.79 Å². The van der Waals surface area contributed by atoms with Crippen LogP contribution in [0.4, 0.5) is 0 Å². The molecule has 120 valence electrons. The van der Waals surface area contributed by atoms with E-state index >= 15 is 0 Å². The molecule has 0 bridgehead atoms. The molecule has 1 aromatic rings. The summed E-state index contributed by atoms with van der Waals surface area (Å²) in [6.45, 7) is 8.58. The van der Waals surface area contributed by atoms with Gasteiger partial charge in [-0.3, -0.25) is 9.69 Å². The maximum atomic E-state index is 12.6. The molecular formula is C17H25N3OS. The van der Waals surface area contributed by atoms with Crippen molar-refractivity contribution in [3.8, 4) is 6.07 Å². The Morgan fingerprint density at radius 1 is 1.55 bits per heavy atom. The SMILES string of the molecule is CC(C(=O)NC(C)(C#N)C(C)C)N1CCCC1c1cccs1. The topological polar surface area (TPSA) is 56.1 Å². The lowest BCUT2D eigenvalue weighted by Gasteiger charge is -2.33. The lowest BCUT2D eigenvalue weighted by atomic mass is 9.89. The molecule has 1 saturated heterocycles. The van der Waals surface area contributed by atoms with Gasteiger partial charge in [-0.15, -0.1) is 11.3 Å². The highest BCUT2D eigenvalue weighted by atomic mass is 32.1. The van der Waals surface area contributed by atoms with Crippen LogP contribution in [-0.4, -0.2) is 28.9 Å². The van der Waals surface area contributed by atoms with E-state index in [0.29, 0.717) is 6.04 Å². The Hall–Kier alpha value is -1.38. The fourth-order valence-electron chi connectivity index (χ4n) is 2.85. The first kappa shape index (κ1) is 17.0. The van der Waals surface area contributed by atoms with Crippen LogP contribution < -0.4 is 5.32 Å². The van der Waals surface area contributed by atoms with Crippen molar-refractivity contribution in [3.05, 3.63) is 22.4 Å². The van der Waals surface area contributed by atoms with Crippen LogP contribution >= 0.6 is 11.3 Å². The van der Waals surface area contributed by atoms with Crippen molar-refractivity contribution in [3.63, 3.8) is 0 Å². The summed E-state index contributed by atoms with van der Waals surface area (Å²) in [5.41, 5.74) is -0.816. The monoisotopic (exact) mass is 319 g/mol. The van der Waals surface area contributed by atoms with Gasteiger partial charge in [0.15, 0.2) is 0 Å². The normalized spacial score (nSPS) is 23.0. The van der Waals surface area contributed by atoms with Crippen LogP contribution in [0.1, 0.15) is 51.5 Å². The minimum absolute atomic E-state index is 0.0544. The quantitative estimate of drug-likeness (QED) is 0.905. The van der Waals surface area contributed by atoms with Crippen LogP contribution in [0.5, 0.6) is 0 Å². The molecule has 3 unspecified atom stereocenters. The number of amides is 1. The predicted octanol–water partition coefficient (Wildman–Crippen LogP) is 3.33. The fourth-order valence-corrected chi connectivity index (χ4v) is 3.73. The van der Waals surface area contributed by atoms with E-state index in [0.717, 1.165) is 19.4 Å². The molecule has 5 heteroatoms. The van der Waals surface area contributed by atoms with Gasteiger partial charge in [0.25, 0.3) is 0 Å². The Morgan fingerprint density at radius 3 is 2.82 bits per heavy atom. The number of nitriles is 1. The molecule has 0 saturated carbocycles. The maximum Gasteiger partial charge on any atom is 0.238 e. The summed E-state index contributed by atoms with van der Waals surface area (Å²) in [5.74, 6) is 0.0153. The van der Waals surface area contributed by atoms with Crippen LogP contribution in [0.25, 0.3) is 0 Å². The third kappa shape index (κ3) is 3.34. The van der Waals surface area contributed by atoms with Gasteiger partial charge in [-0.1, -0.05) is 19.9 Å². The van der Waals surface area contributed by atoms with Crippen molar-refractivity contribution in [2.24, 2.45) is 5.92 Å². The molecule has 0 spiro atoms. The van der Waals surface area contributed by atoms with E-state index in [4.69, 9.17) is 0 Å². The highest BCUT2D eigenvalue weighted by Crippen LogP contribution is 2.36. The summed E-state index contributed by atoms with van der Waals surface area (Å²) in [7, 11) is 0. The zero-order chi connectivity index (χ0) is 16.3. The molecule has 1 fully saturated rings. The third-order valence-electron chi connectivity index (χ3n) is 4.81. The zero-order valence-electron chi connectivity index (χ0n) is 13.8. The van der Waals surface area contributed by atoms with Crippen molar-refractivity contribution in [2.75, 3.05) is 6.54 Å². The molecule has 0 aromatic carbocycles. The molecule has 0 radical (unpaired) electrons. The average molecular weight is 319 g/mol. The molecule has 1 aliphatic rings. The van der Waals surface area contributed by atoms with E-state index < -0.39 is 5.54 Å². The van der Waals surface area contributed by atoms with Crippen molar-refractivity contribution in [1.29, 1.82) is 5.26 Å². The van der Waals surface area contributed by atoms with Crippen molar-refractivity contribution >= 4 is 17.2 Å². The Kier molecular flexibility index (Phi) is 5.25. The molecule has 22 heavy (non-hydrogen) atoms. The molecule has 2 heterocycles. The Morgan fingerprint density at radius 2 is 2.27 bits per heavy atom. The molecule has 4 nitrogen and oxygen atoms in total. The van der Waals surface area contributed by atoms with Crippen molar-refractivity contribution in [1.82, 2.24) is 10.2 Å². The van der Waals surface area contributed by atoms with E-state index in [1.165, 1.54) is 4.88 Å². The first-order chi connectivity index (χ1) is 10.4. The first-order valence-electron chi connectivity index (χ1n) is 7.91. The number of nitrogens with one attached hydrogen (secondary N) is 1. The smallest absolute Gasteiger partial charge is 0.238 e. The molecule has 3 atom stereocenters. The number of hydrogen-bond acceptors (Lipinski definition) is 4. The maximum absolute atomic E-state index is 12.6. The number of carbonyl (C=O) groups excluding carboxylic acids is 1. The number of carbonyl (C=O) groups is 1. The van der Waals surface area contributed by atoms with Crippen LogP contribution in [0.15, 0.2) is 17.5 Å². The standard InChI is InChI=1S/C17H25N3OS/c1-12(2)17(4,11-18)19-16(21)13(3)20-9-5-7-14(20)15-8-6-10-22-15/h6,8,10,12-14H,5,7,9H2,1-4H3,(H,19,21). The second-order valence-electron chi connectivity index (χ2n) is 6.55. The highest BCUT2D eigenvalue weighted by Gasteiger charge is 2.37. The van der Waals surface area contributed by atoms with Crippen LogP contribution in [0.3, 0.4) is 0 Å². The van der Waals surface area contributed by atoms with E-state index in [9.17, 15) is 10.1 Å². The number of likely N-dealkylation sites (tertiary alicyclic amines) is 1. The predicted molar refractivity (Wildman–Crippen MR) is 89.5 cm³/mol. The van der Waals surface area contributed by atoms with Gasteiger partial charge in [0.2, 0.25) is 5.91 Å². The second kappa shape index (κ2) is 6.80. The van der Waals surface area contributed by atoms with E-state index in [-0.39, 0.29) is 17.9 Å². The third-order valence-corrected chi connectivity index (χ3v) is 5.79. The number of thiophene rings is 1. The van der Waals surface area contributed by atoms with Gasteiger partial charge in [-0.25, -0.2) is 0 Å². The molecule has 1 N–H and O–H groups in total. The zero-order valence-corrected chi connectivity index (χ0v) is 14.6. The largest absolute Gasteiger partial charge is 0.336 e. The molecule has 1 aliphatic heterocycles. The Labute approximate surface area is 137 Å². The molecule has 1 amide bonds. The Balaban J connectivity index is 2.09. The van der Waals surface area contributed by atoms with Crippen LogP contribution in [0.2, 0.25) is 0 Å². The van der Waals surface area contributed by atoms with Gasteiger partial charge in [0, 0.05) is 10.9 Å². The fraction of sp³-hybridized carbons (Fsp3) is 0.647. The summed E-state index contributed by atoms with van der Waals surface area (Å²) in [4.78, 5) is 16.2. The molecule has 2 rings (SSSR count). The number of hydrogen-bond donors (Lipinski definition) is 1. The number of nitrogens with zero attached hydrogens (tertiary/aromatic N) is 2. The molecule has 1 aromatic heterocycles. The summed E-state index contributed by atoms with van der Waals surface area (Å²) >= 11 is 1.75. The van der Waals surface area contributed by atoms with E-state index in [2.05, 4.69) is 33.8 Å². The molecular weight excluding hydrogens is 294 g/mol. The van der Waals surface area contributed by atoms with E-state index in [1.807, 2.05) is 20.8 Å². The average Bonchev–Trinajstić information content (AvgIpc) is 3.16.